The van der Waals surface area contributed by atoms with Gasteiger partial charge < -0.3 is 10.0 Å². The van der Waals surface area contributed by atoms with Gasteiger partial charge in [0.15, 0.2) is 0 Å². The van der Waals surface area contributed by atoms with Crippen molar-refractivity contribution in [2.45, 2.75) is 65.0 Å². The molecular weight excluding hydrogens is 186 g/mol. The van der Waals surface area contributed by atoms with Crippen molar-refractivity contribution in [2.24, 2.45) is 5.92 Å². The van der Waals surface area contributed by atoms with Crippen LogP contribution in [0.5, 0.6) is 0 Å². The molecule has 0 aromatic carbocycles. The van der Waals surface area contributed by atoms with Crippen molar-refractivity contribution in [3.05, 3.63) is 0 Å². The second-order valence-electron chi connectivity index (χ2n) is 5.04. The van der Waals surface area contributed by atoms with Gasteiger partial charge in [-0.25, -0.2) is 0 Å². The van der Waals surface area contributed by atoms with E-state index in [0.29, 0.717) is 5.92 Å². The predicted octanol–water partition coefficient (Wildman–Crippen LogP) is 2.90. The van der Waals surface area contributed by atoms with E-state index in [4.69, 9.17) is 0 Å². The summed E-state index contributed by atoms with van der Waals surface area (Å²) in [5.74, 6) is 0.658. The molecule has 0 aromatic heterocycles. The molecule has 0 bridgehead atoms. The summed E-state index contributed by atoms with van der Waals surface area (Å²) in [6.45, 7) is 8.72. The first-order valence-electron chi connectivity index (χ1n) is 6.27. The number of rotatable bonds is 7. The van der Waals surface area contributed by atoms with Crippen molar-refractivity contribution < 1.29 is 5.11 Å². The summed E-state index contributed by atoms with van der Waals surface area (Å²) in [6.07, 6.45) is 4.03. The Morgan fingerprint density at radius 1 is 1.13 bits per heavy atom. The third kappa shape index (κ3) is 3.76. The van der Waals surface area contributed by atoms with Gasteiger partial charge in [-0.1, -0.05) is 33.6 Å². The van der Waals surface area contributed by atoms with Gasteiger partial charge in [-0.2, -0.15) is 0 Å². The van der Waals surface area contributed by atoms with Crippen molar-refractivity contribution in [2.75, 3.05) is 14.1 Å². The molecule has 0 saturated heterocycles. The molecule has 0 aromatic rings. The Morgan fingerprint density at radius 2 is 1.60 bits per heavy atom. The van der Waals surface area contributed by atoms with E-state index < -0.39 is 0 Å². The largest absolute Gasteiger partial charge is 0.391 e. The average molecular weight is 215 g/mol. The van der Waals surface area contributed by atoms with Gasteiger partial charge in [-0.3, -0.25) is 0 Å². The normalized spacial score (nSPS) is 18.2. The van der Waals surface area contributed by atoms with Crippen molar-refractivity contribution in [3.63, 3.8) is 0 Å². The highest BCUT2D eigenvalue weighted by atomic mass is 16.3. The SMILES string of the molecule is CCC(CC)CC(O)C(C)(CC)N(C)C. The molecule has 2 atom stereocenters. The molecule has 15 heavy (non-hydrogen) atoms. The molecule has 0 aliphatic carbocycles. The Balaban J connectivity index is 4.45. The van der Waals surface area contributed by atoms with E-state index >= 15 is 0 Å². The van der Waals surface area contributed by atoms with Crippen LogP contribution in [0, 0.1) is 5.92 Å². The molecule has 0 rings (SSSR count). The van der Waals surface area contributed by atoms with Crippen molar-refractivity contribution in [3.8, 4) is 0 Å². The summed E-state index contributed by atoms with van der Waals surface area (Å²) in [5, 5.41) is 10.3. The van der Waals surface area contributed by atoms with Crippen LogP contribution < -0.4 is 0 Å². The summed E-state index contributed by atoms with van der Waals surface area (Å²) in [7, 11) is 4.11. The van der Waals surface area contributed by atoms with Gasteiger partial charge in [-0.05, 0) is 39.8 Å². The van der Waals surface area contributed by atoms with Crippen LogP contribution in [0.15, 0.2) is 0 Å². The van der Waals surface area contributed by atoms with Crippen LogP contribution >= 0.6 is 0 Å². The second-order valence-corrected chi connectivity index (χ2v) is 5.04. The second kappa shape index (κ2) is 6.49. The van der Waals surface area contributed by atoms with Crippen LogP contribution in [0.4, 0.5) is 0 Å². The number of aliphatic hydroxyl groups is 1. The summed E-state index contributed by atoms with van der Waals surface area (Å²) in [6, 6.07) is 0. The highest BCUT2D eigenvalue weighted by Crippen LogP contribution is 2.27. The van der Waals surface area contributed by atoms with Crippen LogP contribution in [0.25, 0.3) is 0 Å². The van der Waals surface area contributed by atoms with E-state index in [2.05, 4.69) is 46.7 Å². The van der Waals surface area contributed by atoms with Gasteiger partial charge in [0.05, 0.1) is 6.10 Å². The lowest BCUT2D eigenvalue weighted by Crippen LogP contribution is -2.51. The van der Waals surface area contributed by atoms with Gasteiger partial charge in [0.2, 0.25) is 0 Å². The lowest BCUT2D eigenvalue weighted by molar-refractivity contribution is -0.0124. The fourth-order valence-electron chi connectivity index (χ4n) is 2.04. The van der Waals surface area contributed by atoms with E-state index in [1.165, 1.54) is 12.8 Å². The minimum absolute atomic E-state index is 0.0808. The fraction of sp³-hybridized carbons (Fsp3) is 1.00. The van der Waals surface area contributed by atoms with Gasteiger partial charge in [0.25, 0.3) is 0 Å². The molecule has 0 radical (unpaired) electrons. The number of likely N-dealkylation sites (N-methyl/N-ethyl adjacent to an activating group) is 1. The van der Waals surface area contributed by atoms with Crippen molar-refractivity contribution in [1.29, 1.82) is 0 Å². The topological polar surface area (TPSA) is 23.5 Å². The van der Waals surface area contributed by atoms with E-state index in [1.54, 1.807) is 0 Å². The molecule has 1 N–H and O–H groups in total. The van der Waals surface area contributed by atoms with Gasteiger partial charge in [0.1, 0.15) is 0 Å². The molecule has 0 spiro atoms. The maximum absolute atomic E-state index is 10.3. The molecule has 92 valence electrons. The standard InChI is InChI=1S/C13H29NO/c1-7-11(8-2)10-12(15)13(4,9-3)14(5)6/h11-12,15H,7-10H2,1-6H3. The maximum Gasteiger partial charge on any atom is 0.0723 e. The minimum Gasteiger partial charge on any atom is -0.391 e. The molecule has 0 aliphatic rings. The lowest BCUT2D eigenvalue weighted by atomic mass is 9.83. The summed E-state index contributed by atoms with van der Waals surface area (Å²) in [5.41, 5.74) is -0.0808. The summed E-state index contributed by atoms with van der Waals surface area (Å²) in [4.78, 5) is 2.15. The molecule has 0 amide bonds. The van der Waals surface area contributed by atoms with E-state index in [0.717, 1.165) is 12.8 Å². The van der Waals surface area contributed by atoms with Crippen molar-refractivity contribution >= 4 is 0 Å². The quantitative estimate of drug-likeness (QED) is 0.706. The van der Waals surface area contributed by atoms with Crippen molar-refractivity contribution in [1.82, 2.24) is 4.90 Å². The molecule has 0 aliphatic heterocycles. The Hall–Kier alpha value is -0.0800. The Morgan fingerprint density at radius 3 is 1.87 bits per heavy atom. The van der Waals surface area contributed by atoms with Gasteiger partial charge in [0, 0.05) is 5.54 Å². The van der Waals surface area contributed by atoms with E-state index in [-0.39, 0.29) is 11.6 Å². The van der Waals surface area contributed by atoms with Crippen LogP contribution in [0.1, 0.15) is 53.4 Å². The lowest BCUT2D eigenvalue weighted by Gasteiger charge is -2.41. The van der Waals surface area contributed by atoms with Crippen LogP contribution in [-0.4, -0.2) is 35.7 Å². The fourth-order valence-corrected chi connectivity index (χ4v) is 2.04. The molecule has 2 heteroatoms. The summed E-state index contributed by atoms with van der Waals surface area (Å²) < 4.78 is 0. The molecule has 2 nitrogen and oxygen atoms in total. The van der Waals surface area contributed by atoms with Crippen LogP contribution in [-0.2, 0) is 0 Å². The highest BCUT2D eigenvalue weighted by Gasteiger charge is 2.34. The molecular formula is C13H29NO. The zero-order valence-electron chi connectivity index (χ0n) is 11.4. The summed E-state index contributed by atoms with van der Waals surface area (Å²) >= 11 is 0. The third-order valence-electron chi connectivity index (χ3n) is 4.17. The Kier molecular flexibility index (Phi) is 6.46. The number of nitrogens with zero attached hydrogens (tertiary/aromatic N) is 1. The number of hydrogen-bond acceptors (Lipinski definition) is 2. The monoisotopic (exact) mass is 215 g/mol. The zero-order chi connectivity index (χ0) is 12.1. The van der Waals surface area contributed by atoms with E-state index in [9.17, 15) is 5.11 Å². The average Bonchev–Trinajstić information content (AvgIpc) is 2.23. The smallest absolute Gasteiger partial charge is 0.0723 e. The van der Waals surface area contributed by atoms with E-state index in [1.807, 2.05) is 0 Å². The highest BCUT2D eigenvalue weighted by molar-refractivity contribution is 4.90. The third-order valence-corrected chi connectivity index (χ3v) is 4.17. The van der Waals surface area contributed by atoms with Crippen LogP contribution in [0.2, 0.25) is 0 Å². The van der Waals surface area contributed by atoms with Gasteiger partial charge in [-0.15, -0.1) is 0 Å². The van der Waals surface area contributed by atoms with Gasteiger partial charge >= 0.3 is 0 Å². The zero-order valence-corrected chi connectivity index (χ0v) is 11.4. The first kappa shape index (κ1) is 14.9. The number of aliphatic hydroxyl groups excluding tert-OH is 1. The Labute approximate surface area is 95.7 Å². The predicted molar refractivity (Wildman–Crippen MR) is 67.1 cm³/mol. The molecule has 0 fully saturated rings. The number of hydrogen-bond donors (Lipinski definition) is 1. The molecule has 0 saturated carbocycles. The first-order chi connectivity index (χ1) is 6.92. The molecule has 0 heterocycles. The van der Waals surface area contributed by atoms with Crippen LogP contribution in [0.3, 0.4) is 0 Å². The minimum atomic E-state index is -0.220. The first-order valence-corrected chi connectivity index (χ1v) is 6.27. The molecule has 2 unspecified atom stereocenters. The maximum atomic E-state index is 10.3. The Bertz CT molecular complexity index is 166.